The summed E-state index contributed by atoms with van der Waals surface area (Å²) in [6.45, 7) is 6.08. The van der Waals surface area contributed by atoms with Crippen molar-refractivity contribution in [1.29, 1.82) is 0 Å². The molecule has 3 saturated heterocycles. The second kappa shape index (κ2) is 23.7. The van der Waals surface area contributed by atoms with Crippen LogP contribution in [0, 0.1) is 12.3 Å². The van der Waals surface area contributed by atoms with Gasteiger partial charge in [0.05, 0.1) is 23.2 Å². The molecular formula is C56H65F3N12O6. The molecule has 6 N–H and O–H groups in total. The maximum Gasteiger partial charge on any atom is 0.416 e. The molecule has 5 aromatic rings. The van der Waals surface area contributed by atoms with E-state index in [1.54, 1.807) is 35.4 Å². The van der Waals surface area contributed by atoms with E-state index < -0.39 is 23.7 Å². The van der Waals surface area contributed by atoms with Gasteiger partial charge in [0.25, 0.3) is 11.8 Å². The summed E-state index contributed by atoms with van der Waals surface area (Å²) in [5.41, 5.74) is 10.2. The number of nitrogens with zero attached hydrogens (tertiary/aromatic N) is 7. The summed E-state index contributed by atoms with van der Waals surface area (Å²) in [6, 6.07) is 13.0. The van der Waals surface area contributed by atoms with Gasteiger partial charge in [0.15, 0.2) is 0 Å². The SMILES string of the molecule is Cc1ccc(C(=O)N2CCC3(CCN(CCC(=O)N(CCC/C=C/c4cnc(N)c5c(-c6ccc(C(=O)Nc7cc(C(F)(F)F)ccn7)cc6)[nH]nc45)CC(=O)NC4CCCCC4)CC3)CC2)cc1N1CCC(=O)NC1=O. The van der Waals surface area contributed by atoms with E-state index in [1.165, 1.54) is 17.0 Å². The van der Waals surface area contributed by atoms with Crippen molar-refractivity contribution < 1.29 is 41.9 Å². The molecule has 1 saturated carbocycles. The van der Waals surface area contributed by atoms with Crippen molar-refractivity contribution in [3.05, 3.63) is 101 Å². The molecule has 7 amide bonds. The molecule has 3 aliphatic heterocycles. The Hall–Kier alpha value is -7.68. The summed E-state index contributed by atoms with van der Waals surface area (Å²) < 4.78 is 39.6. The number of fused-ring (bicyclic) bond motifs is 1. The predicted octanol–water partition coefficient (Wildman–Crippen LogP) is 8.11. The lowest BCUT2D eigenvalue weighted by molar-refractivity contribution is -0.137. The predicted molar refractivity (Wildman–Crippen MR) is 285 cm³/mol. The summed E-state index contributed by atoms with van der Waals surface area (Å²) in [4.78, 5) is 94.0. The number of imide groups is 1. The average molecular weight is 1060 g/mol. The van der Waals surface area contributed by atoms with Crippen molar-refractivity contribution in [1.82, 2.24) is 45.5 Å². The van der Waals surface area contributed by atoms with Crippen LogP contribution in [0.1, 0.15) is 121 Å². The number of halogens is 3. The Morgan fingerprint density at radius 1 is 0.909 bits per heavy atom. The number of anilines is 3. The lowest BCUT2D eigenvalue weighted by Gasteiger charge is -2.47. The molecular weight excluding hydrogens is 994 g/mol. The number of aryl methyl sites for hydroxylation is 1. The summed E-state index contributed by atoms with van der Waals surface area (Å²) >= 11 is 0. The van der Waals surface area contributed by atoms with Gasteiger partial charge in [-0.15, -0.1) is 0 Å². The van der Waals surface area contributed by atoms with Gasteiger partial charge < -0.3 is 31.1 Å². The van der Waals surface area contributed by atoms with Gasteiger partial charge in [-0.25, -0.2) is 14.8 Å². The average Bonchev–Trinajstić information content (AvgIpc) is 3.91. The number of allylic oxidation sites excluding steroid dienone is 1. The van der Waals surface area contributed by atoms with Crippen LogP contribution in [0.15, 0.2) is 73.1 Å². The highest BCUT2D eigenvalue weighted by Crippen LogP contribution is 2.42. The molecule has 6 heterocycles. The van der Waals surface area contributed by atoms with Gasteiger partial charge in [0.2, 0.25) is 17.7 Å². The summed E-state index contributed by atoms with van der Waals surface area (Å²) in [7, 11) is 0. The number of hydrogen-bond donors (Lipinski definition) is 5. The zero-order valence-corrected chi connectivity index (χ0v) is 43.2. The molecule has 9 rings (SSSR count). The number of unbranched alkanes of at least 4 members (excludes halogenated alkanes) is 1. The smallest absolute Gasteiger partial charge is 0.383 e. The van der Waals surface area contributed by atoms with Crippen molar-refractivity contribution >= 4 is 69.9 Å². The number of likely N-dealkylation sites (tertiary alicyclic amines) is 2. The van der Waals surface area contributed by atoms with Crippen LogP contribution in [-0.4, -0.2) is 129 Å². The highest BCUT2D eigenvalue weighted by atomic mass is 19.4. The largest absolute Gasteiger partial charge is 0.416 e. The lowest BCUT2D eigenvalue weighted by Crippen LogP contribution is -2.50. The molecule has 0 atom stereocenters. The van der Waals surface area contributed by atoms with Gasteiger partial charge in [0.1, 0.15) is 17.2 Å². The number of nitrogens with two attached hydrogens (primary N) is 1. The molecule has 21 heteroatoms. The van der Waals surface area contributed by atoms with Crippen LogP contribution < -0.4 is 26.6 Å². The minimum Gasteiger partial charge on any atom is -0.383 e. The minimum atomic E-state index is -4.58. The zero-order valence-electron chi connectivity index (χ0n) is 43.2. The number of urea groups is 1. The normalized spacial score (nSPS) is 17.5. The van der Waals surface area contributed by atoms with E-state index in [0.29, 0.717) is 84.4 Å². The Morgan fingerprint density at radius 2 is 1.64 bits per heavy atom. The number of carbonyl (C=O) groups is 6. The number of amides is 7. The van der Waals surface area contributed by atoms with Crippen LogP contribution in [0.25, 0.3) is 28.2 Å². The van der Waals surface area contributed by atoms with E-state index in [0.717, 1.165) is 94.8 Å². The van der Waals surface area contributed by atoms with Crippen LogP contribution in [0.5, 0.6) is 0 Å². The van der Waals surface area contributed by atoms with Crippen molar-refractivity contribution in [3.63, 3.8) is 0 Å². The second-order valence-corrected chi connectivity index (χ2v) is 20.8. The fraction of sp³-hybridized carbons (Fsp3) is 0.446. The standard InChI is InChI=1S/C56H65F3N12O6/c1-36-11-12-39(32-43(36)71-27-18-45(72)65-54(71)77)53(76)69-30-22-55(23-31-69)20-28-68(29-21-55)26-19-47(74)70(35-46(73)63-42-9-5-2-6-10-42)25-7-3-4-8-40-34-62-51(60)48-49(66-67-50(40)48)37-13-15-38(16-14-37)52(75)64-44-33-41(17-24-61-44)56(57,58)59/h4,8,11-17,24,32-34,42H,2-3,5-7,9-10,18-23,25-31,35H2,1H3,(H2,60,62)(H,63,73)(H,66,67)(H,61,64,75)(H,65,72,77)/b8-4+. The van der Waals surface area contributed by atoms with Crippen molar-refractivity contribution in [2.75, 3.05) is 68.3 Å². The molecule has 77 heavy (non-hydrogen) atoms. The third-order valence-corrected chi connectivity index (χ3v) is 15.6. The first-order chi connectivity index (χ1) is 37.0. The molecule has 0 bridgehead atoms. The maximum atomic E-state index is 14.0. The van der Waals surface area contributed by atoms with Crippen LogP contribution in [0.4, 0.5) is 35.3 Å². The highest BCUT2D eigenvalue weighted by molar-refractivity contribution is 6.07. The molecule has 18 nitrogen and oxygen atoms in total. The number of aromatic nitrogens is 4. The number of hydrogen-bond acceptors (Lipinski definition) is 11. The fourth-order valence-electron chi connectivity index (χ4n) is 11.0. The first-order valence-corrected chi connectivity index (χ1v) is 26.6. The Bertz CT molecular complexity index is 3030. The molecule has 1 aliphatic carbocycles. The molecule has 2 aromatic carbocycles. The third kappa shape index (κ3) is 13.1. The molecule has 4 aliphatic rings. The van der Waals surface area contributed by atoms with Crippen molar-refractivity contribution in [2.24, 2.45) is 5.41 Å². The van der Waals surface area contributed by atoms with Crippen LogP contribution >= 0.6 is 0 Å². The van der Waals surface area contributed by atoms with E-state index in [2.05, 4.69) is 41.0 Å². The van der Waals surface area contributed by atoms with Gasteiger partial charge >= 0.3 is 12.2 Å². The van der Waals surface area contributed by atoms with Gasteiger partial charge in [-0.1, -0.05) is 49.6 Å². The number of rotatable bonds is 16. The highest BCUT2D eigenvalue weighted by Gasteiger charge is 2.39. The number of carbonyl (C=O) groups excluding carboxylic acids is 6. The number of pyridine rings is 2. The van der Waals surface area contributed by atoms with Gasteiger partial charge in [-0.3, -0.25) is 39.3 Å². The monoisotopic (exact) mass is 1060 g/mol. The number of nitrogens with one attached hydrogen (secondary N) is 4. The van der Waals surface area contributed by atoms with Gasteiger partial charge in [-0.2, -0.15) is 18.3 Å². The number of benzene rings is 2. The molecule has 0 unspecified atom stereocenters. The summed E-state index contributed by atoms with van der Waals surface area (Å²) in [5.74, 6) is -1.22. The van der Waals surface area contributed by atoms with Gasteiger partial charge in [-0.05, 0) is 119 Å². The van der Waals surface area contributed by atoms with Crippen molar-refractivity contribution in [3.8, 4) is 11.3 Å². The quantitative estimate of drug-likeness (QED) is 0.0593. The Kier molecular flexibility index (Phi) is 16.7. The first-order valence-electron chi connectivity index (χ1n) is 26.6. The molecule has 1 spiro atoms. The van der Waals surface area contributed by atoms with Crippen molar-refractivity contribution in [2.45, 2.75) is 103 Å². The second-order valence-electron chi connectivity index (χ2n) is 20.8. The van der Waals surface area contributed by atoms with E-state index in [9.17, 15) is 41.9 Å². The van der Waals surface area contributed by atoms with Crippen LogP contribution in [0.2, 0.25) is 0 Å². The summed E-state index contributed by atoms with van der Waals surface area (Å²) in [6.07, 6.45) is 12.5. The van der Waals surface area contributed by atoms with E-state index in [-0.39, 0.29) is 71.8 Å². The maximum absolute atomic E-state index is 14.0. The Labute approximate surface area is 444 Å². The molecule has 406 valence electrons. The van der Waals surface area contributed by atoms with E-state index in [4.69, 9.17) is 5.73 Å². The summed E-state index contributed by atoms with van der Waals surface area (Å²) in [5, 5.41) is 16.1. The third-order valence-electron chi connectivity index (χ3n) is 15.6. The van der Waals surface area contributed by atoms with Gasteiger partial charge in [0, 0.05) is 91.9 Å². The molecule has 0 radical (unpaired) electrons. The molecule has 3 aromatic heterocycles. The number of piperidine rings is 2. The zero-order chi connectivity index (χ0) is 54.3. The van der Waals surface area contributed by atoms with E-state index in [1.807, 2.05) is 30.0 Å². The molecule has 4 fully saturated rings. The lowest BCUT2D eigenvalue weighted by atomic mass is 9.71. The number of alkyl halides is 3. The topological polar surface area (TPSA) is 232 Å². The fourth-order valence-corrected chi connectivity index (χ4v) is 11.0. The minimum absolute atomic E-state index is 0.00683. The first kappa shape index (κ1) is 54.1. The van der Waals surface area contributed by atoms with Crippen LogP contribution in [0.3, 0.4) is 0 Å². The van der Waals surface area contributed by atoms with Crippen LogP contribution in [-0.2, 0) is 20.6 Å². The number of aromatic amines is 1. The Balaban J connectivity index is 0.766. The Morgan fingerprint density at radius 3 is 2.36 bits per heavy atom. The number of nitrogen functional groups attached to an aromatic ring is 1. The van der Waals surface area contributed by atoms with E-state index >= 15 is 0 Å². The number of H-pyrrole nitrogens is 1.